The minimum Gasteiger partial charge on any atom is -0.383 e. The summed E-state index contributed by atoms with van der Waals surface area (Å²) < 4.78 is 34.9. The molecule has 0 saturated carbocycles. The minimum absolute atomic E-state index is 0.216. The molecule has 0 aromatic carbocycles. The molecule has 1 heterocycles. The number of methoxy groups -OCH3 is 2. The van der Waals surface area contributed by atoms with E-state index in [1.807, 2.05) is 0 Å². The number of ether oxygens (including phenoxy) is 2. The van der Waals surface area contributed by atoms with Gasteiger partial charge in [-0.3, -0.25) is 4.90 Å². The van der Waals surface area contributed by atoms with Gasteiger partial charge < -0.3 is 9.47 Å². The molecule has 0 radical (unpaired) electrons. The molecule has 1 aliphatic rings. The smallest absolute Gasteiger partial charge is 0.208 e. The summed E-state index contributed by atoms with van der Waals surface area (Å²) in [6, 6.07) is 0.311. The molecule has 0 spiro atoms. The second-order valence-corrected chi connectivity index (χ2v) is 6.20. The van der Waals surface area contributed by atoms with E-state index in [0.717, 1.165) is 13.0 Å². The van der Waals surface area contributed by atoms with Crippen LogP contribution in [0, 0.1) is 0 Å². The van der Waals surface area contributed by atoms with Gasteiger partial charge in [-0.2, -0.15) is 0 Å². The van der Waals surface area contributed by atoms with Gasteiger partial charge in [-0.1, -0.05) is 0 Å². The Kier molecular flexibility index (Phi) is 5.81. The Balaban J connectivity index is 2.39. The molecule has 1 aliphatic heterocycles. The summed E-state index contributed by atoms with van der Waals surface area (Å²) in [6.07, 6.45) is 2.32. The van der Waals surface area contributed by atoms with Crippen molar-refractivity contribution < 1.29 is 17.9 Å². The predicted octanol–water partition coefficient (Wildman–Crippen LogP) is -0.729. The van der Waals surface area contributed by atoms with E-state index in [9.17, 15) is 8.42 Å². The molecule has 7 heteroatoms. The van der Waals surface area contributed by atoms with Gasteiger partial charge in [0.25, 0.3) is 0 Å². The fourth-order valence-electron chi connectivity index (χ4n) is 2.12. The summed E-state index contributed by atoms with van der Waals surface area (Å²) in [5, 5.41) is 0. The lowest BCUT2D eigenvalue weighted by atomic mass is 10.2. The quantitative estimate of drug-likeness (QED) is 0.658. The van der Waals surface area contributed by atoms with Crippen LogP contribution in [0.2, 0.25) is 0 Å². The van der Waals surface area contributed by atoms with Gasteiger partial charge in [-0.25, -0.2) is 13.1 Å². The average molecular weight is 266 g/mol. The summed E-state index contributed by atoms with van der Waals surface area (Å²) in [5.41, 5.74) is 0. The molecule has 0 aromatic heterocycles. The van der Waals surface area contributed by atoms with Crippen LogP contribution in [-0.4, -0.2) is 72.2 Å². The van der Waals surface area contributed by atoms with Gasteiger partial charge in [-0.05, 0) is 6.42 Å². The maximum Gasteiger partial charge on any atom is 0.208 e. The van der Waals surface area contributed by atoms with Crippen molar-refractivity contribution in [2.45, 2.75) is 18.6 Å². The van der Waals surface area contributed by atoms with Crippen molar-refractivity contribution in [2.75, 3.05) is 46.7 Å². The Labute approximate surface area is 103 Å². The van der Waals surface area contributed by atoms with E-state index in [1.54, 1.807) is 14.2 Å². The maximum atomic E-state index is 11.0. The van der Waals surface area contributed by atoms with E-state index >= 15 is 0 Å². The van der Waals surface area contributed by atoms with Crippen molar-refractivity contribution >= 4 is 10.0 Å². The monoisotopic (exact) mass is 266 g/mol. The lowest BCUT2D eigenvalue weighted by Gasteiger charge is -2.23. The van der Waals surface area contributed by atoms with Gasteiger partial charge in [0.2, 0.25) is 10.0 Å². The fourth-order valence-corrected chi connectivity index (χ4v) is 2.58. The molecule has 1 N–H and O–H groups in total. The first-order valence-corrected chi connectivity index (χ1v) is 7.56. The lowest BCUT2D eigenvalue weighted by molar-refractivity contribution is 0.108. The van der Waals surface area contributed by atoms with Crippen LogP contribution in [0.4, 0.5) is 0 Å². The summed E-state index contributed by atoms with van der Waals surface area (Å²) >= 11 is 0. The summed E-state index contributed by atoms with van der Waals surface area (Å²) in [6.45, 7) is 2.59. The topological polar surface area (TPSA) is 67.9 Å². The summed E-state index contributed by atoms with van der Waals surface area (Å²) in [7, 11) is 0.271. The number of rotatable bonds is 7. The van der Waals surface area contributed by atoms with E-state index in [2.05, 4.69) is 9.62 Å². The number of likely N-dealkylation sites (tertiary alicyclic amines) is 1. The number of hydrogen-bond acceptors (Lipinski definition) is 5. The van der Waals surface area contributed by atoms with E-state index in [1.165, 1.54) is 6.26 Å². The number of nitrogens with zero attached hydrogens (tertiary/aromatic N) is 1. The summed E-state index contributed by atoms with van der Waals surface area (Å²) in [4.78, 5) is 2.20. The van der Waals surface area contributed by atoms with Crippen LogP contribution in [0.25, 0.3) is 0 Å². The Hall–Kier alpha value is -0.210. The van der Waals surface area contributed by atoms with Crippen LogP contribution < -0.4 is 4.72 Å². The third-order valence-electron chi connectivity index (χ3n) is 2.95. The van der Waals surface area contributed by atoms with E-state index in [-0.39, 0.29) is 6.10 Å². The molecular weight excluding hydrogens is 244 g/mol. The molecule has 0 unspecified atom stereocenters. The van der Waals surface area contributed by atoms with Crippen molar-refractivity contribution in [1.29, 1.82) is 0 Å². The maximum absolute atomic E-state index is 11.0. The van der Waals surface area contributed by atoms with Gasteiger partial charge in [-0.15, -0.1) is 0 Å². The zero-order valence-corrected chi connectivity index (χ0v) is 11.5. The van der Waals surface area contributed by atoms with Crippen molar-refractivity contribution in [2.24, 2.45) is 0 Å². The van der Waals surface area contributed by atoms with E-state index < -0.39 is 10.0 Å². The van der Waals surface area contributed by atoms with Crippen molar-refractivity contribution in [3.63, 3.8) is 0 Å². The van der Waals surface area contributed by atoms with Gasteiger partial charge in [0.05, 0.1) is 19.0 Å². The third kappa shape index (κ3) is 5.31. The highest BCUT2D eigenvalue weighted by atomic mass is 32.2. The zero-order valence-electron chi connectivity index (χ0n) is 10.7. The predicted molar refractivity (Wildman–Crippen MR) is 65.5 cm³/mol. The first-order valence-electron chi connectivity index (χ1n) is 5.66. The van der Waals surface area contributed by atoms with Crippen LogP contribution in [0.1, 0.15) is 6.42 Å². The van der Waals surface area contributed by atoms with E-state index in [4.69, 9.17) is 9.47 Å². The highest BCUT2D eigenvalue weighted by Crippen LogP contribution is 2.19. The highest BCUT2D eigenvalue weighted by molar-refractivity contribution is 7.88. The average Bonchev–Trinajstić information content (AvgIpc) is 2.60. The largest absolute Gasteiger partial charge is 0.383 e. The second-order valence-electron chi connectivity index (χ2n) is 4.36. The molecule has 2 atom stereocenters. The Morgan fingerprint density at radius 3 is 2.65 bits per heavy atom. The molecule has 0 aliphatic carbocycles. The SMILES string of the molecule is COC[C@@H]1C[C@@H](OC)CN1CCNS(C)(=O)=O. The molecule has 0 bridgehead atoms. The Morgan fingerprint density at radius 1 is 1.41 bits per heavy atom. The molecule has 102 valence electrons. The van der Waals surface area contributed by atoms with Crippen LogP contribution in [0.5, 0.6) is 0 Å². The molecule has 17 heavy (non-hydrogen) atoms. The Bertz CT molecular complexity index is 320. The van der Waals surface area contributed by atoms with Gasteiger partial charge in [0.15, 0.2) is 0 Å². The van der Waals surface area contributed by atoms with Crippen molar-refractivity contribution in [1.82, 2.24) is 9.62 Å². The van der Waals surface area contributed by atoms with Crippen molar-refractivity contribution in [3.05, 3.63) is 0 Å². The molecular formula is C10H22N2O4S. The molecule has 0 aromatic rings. The molecule has 1 fully saturated rings. The van der Waals surface area contributed by atoms with Crippen LogP contribution in [-0.2, 0) is 19.5 Å². The van der Waals surface area contributed by atoms with Crippen LogP contribution in [0.15, 0.2) is 0 Å². The molecule has 1 saturated heterocycles. The standard InChI is InChI=1S/C10H22N2O4S/c1-15-8-9-6-10(16-2)7-12(9)5-4-11-17(3,13)14/h9-11H,4-8H2,1-3H3/t9-,10+/m0/s1. The molecule has 6 nitrogen and oxygen atoms in total. The normalized spacial score (nSPS) is 26.5. The van der Waals surface area contributed by atoms with Crippen molar-refractivity contribution in [3.8, 4) is 0 Å². The fraction of sp³-hybridized carbons (Fsp3) is 1.00. The Morgan fingerprint density at radius 2 is 2.12 bits per heavy atom. The lowest BCUT2D eigenvalue weighted by Crippen LogP contribution is -2.39. The van der Waals surface area contributed by atoms with E-state index in [0.29, 0.717) is 25.7 Å². The number of nitrogens with one attached hydrogen (secondary N) is 1. The molecule has 1 rings (SSSR count). The first kappa shape index (κ1) is 14.8. The second kappa shape index (κ2) is 6.65. The zero-order chi connectivity index (χ0) is 12.9. The minimum atomic E-state index is -3.10. The van der Waals surface area contributed by atoms with Crippen LogP contribution >= 0.6 is 0 Å². The third-order valence-corrected chi connectivity index (χ3v) is 3.67. The van der Waals surface area contributed by atoms with Crippen LogP contribution in [0.3, 0.4) is 0 Å². The number of sulfonamides is 1. The van der Waals surface area contributed by atoms with Gasteiger partial charge in [0, 0.05) is 39.9 Å². The number of hydrogen-bond donors (Lipinski definition) is 1. The van der Waals surface area contributed by atoms with Gasteiger partial charge >= 0.3 is 0 Å². The highest BCUT2D eigenvalue weighted by Gasteiger charge is 2.31. The molecule has 0 amide bonds. The first-order chi connectivity index (χ1) is 7.96. The summed E-state index contributed by atoms with van der Waals surface area (Å²) in [5.74, 6) is 0. The van der Waals surface area contributed by atoms with Gasteiger partial charge in [0.1, 0.15) is 0 Å².